The third kappa shape index (κ3) is 4.87. The van der Waals surface area contributed by atoms with Gasteiger partial charge in [-0.25, -0.2) is 0 Å². The van der Waals surface area contributed by atoms with Crippen molar-refractivity contribution in [1.29, 1.82) is 0 Å². The fourth-order valence-corrected chi connectivity index (χ4v) is 1.99. The maximum atomic E-state index is 5.61. The van der Waals surface area contributed by atoms with Crippen LogP contribution in [0.4, 0.5) is 0 Å². The van der Waals surface area contributed by atoms with Crippen molar-refractivity contribution in [2.45, 2.75) is 45.9 Å². The Hall–Kier alpha value is -1.52. The van der Waals surface area contributed by atoms with E-state index in [1.165, 1.54) is 11.1 Å². The molecule has 20 heavy (non-hydrogen) atoms. The molecule has 0 aromatic carbocycles. The van der Waals surface area contributed by atoms with E-state index in [4.69, 9.17) is 8.83 Å². The second-order valence-electron chi connectivity index (χ2n) is 6.33. The number of nitrogens with zero attached hydrogens (tertiary/aromatic N) is 1. The van der Waals surface area contributed by atoms with Crippen LogP contribution in [0.2, 0.25) is 0 Å². The summed E-state index contributed by atoms with van der Waals surface area (Å²) >= 11 is 0. The maximum Gasteiger partial charge on any atom is 0.118 e. The molecule has 0 atom stereocenters. The van der Waals surface area contributed by atoms with Crippen molar-refractivity contribution in [3.63, 3.8) is 0 Å². The van der Waals surface area contributed by atoms with Gasteiger partial charge in [-0.3, -0.25) is 4.90 Å². The van der Waals surface area contributed by atoms with Crippen molar-refractivity contribution in [3.05, 3.63) is 47.8 Å². The topological polar surface area (TPSA) is 41.6 Å². The first-order valence-corrected chi connectivity index (χ1v) is 6.93. The Morgan fingerprint density at radius 2 is 1.95 bits per heavy atom. The lowest BCUT2D eigenvalue weighted by Gasteiger charge is -2.19. The molecule has 2 aromatic heterocycles. The highest BCUT2D eigenvalue weighted by atomic mass is 16.3. The zero-order chi connectivity index (χ0) is 14.6. The first-order valence-electron chi connectivity index (χ1n) is 6.93. The van der Waals surface area contributed by atoms with E-state index in [2.05, 4.69) is 44.1 Å². The van der Waals surface area contributed by atoms with E-state index >= 15 is 0 Å². The average molecular weight is 276 g/mol. The first kappa shape index (κ1) is 14.9. The summed E-state index contributed by atoms with van der Waals surface area (Å²) in [7, 11) is 2.07. The molecule has 0 aliphatic carbocycles. The molecule has 0 aliphatic rings. The van der Waals surface area contributed by atoms with Crippen molar-refractivity contribution in [3.8, 4) is 0 Å². The third-order valence-corrected chi connectivity index (χ3v) is 2.99. The summed E-state index contributed by atoms with van der Waals surface area (Å²) in [6.45, 7) is 8.96. The van der Waals surface area contributed by atoms with Gasteiger partial charge in [0.2, 0.25) is 0 Å². The van der Waals surface area contributed by atoms with Crippen molar-refractivity contribution in [2.75, 3.05) is 7.05 Å². The van der Waals surface area contributed by atoms with Gasteiger partial charge in [0.05, 0.1) is 25.3 Å². The molecule has 0 spiro atoms. The summed E-state index contributed by atoms with van der Waals surface area (Å²) in [5, 5.41) is 3.46. The second-order valence-corrected chi connectivity index (χ2v) is 6.33. The molecule has 2 aromatic rings. The summed E-state index contributed by atoms with van der Waals surface area (Å²) in [6, 6.07) is 4.10. The van der Waals surface area contributed by atoms with E-state index in [1.807, 2.05) is 12.3 Å². The van der Waals surface area contributed by atoms with Gasteiger partial charge in [0.25, 0.3) is 0 Å². The zero-order valence-electron chi connectivity index (χ0n) is 12.8. The lowest BCUT2D eigenvalue weighted by atomic mass is 10.1. The summed E-state index contributed by atoms with van der Waals surface area (Å²) in [4.78, 5) is 2.20. The van der Waals surface area contributed by atoms with Gasteiger partial charge in [0, 0.05) is 29.8 Å². The van der Waals surface area contributed by atoms with Gasteiger partial charge in [0.1, 0.15) is 5.76 Å². The fourth-order valence-electron chi connectivity index (χ4n) is 1.99. The lowest BCUT2D eigenvalue weighted by molar-refractivity contribution is 0.287. The van der Waals surface area contributed by atoms with Crippen LogP contribution in [-0.2, 0) is 19.6 Å². The Morgan fingerprint density at radius 3 is 2.60 bits per heavy atom. The molecule has 2 rings (SSSR count). The van der Waals surface area contributed by atoms with Crippen LogP contribution >= 0.6 is 0 Å². The maximum absolute atomic E-state index is 5.61. The standard InChI is InChI=1S/C16H24N2O2/c1-16(2,3)17-8-14-7-15(20-12-14)10-18(4)9-13-5-6-19-11-13/h5-7,11-12,17H,8-10H2,1-4H3. The molecule has 2 heterocycles. The van der Waals surface area contributed by atoms with Crippen molar-refractivity contribution in [1.82, 2.24) is 10.2 Å². The molecular weight excluding hydrogens is 252 g/mol. The van der Waals surface area contributed by atoms with Crippen LogP contribution in [0, 0.1) is 0 Å². The van der Waals surface area contributed by atoms with Crippen LogP contribution in [-0.4, -0.2) is 17.5 Å². The Morgan fingerprint density at radius 1 is 1.15 bits per heavy atom. The minimum Gasteiger partial charge on any atom is -0.472 e. The number of furan rings is 2. The van der Waals surface area contributed by atoms with E-state index in [9.17, 15) is 0 Å². The molecule has 0 fully saturated rings. The Bertz CT molecular complexity index is 509. The second kappa shape index (κ2) is 6.29. The van der Waals surface area contributed by atoms with Gasteiger partial charge in [0.15, 0.2) is 0 Å². The Kier molecular flexibility index (Phi) is 4.68. The normalized spacial score (nSPS) is 12.2. The third-order valence-electron chi connectivity index (χ3n) is 2.99. The van der Waals surface area contributed by atoms with Crippen LogP contribution in [0.15, 0.2) is 39.8 Å². The quantitative estimate of drug-likeness (QED) is 0.878. The highest BCUT2D eigenvalue weighted by Crippen LogP contribution is 2.13. The van der Waals surface area contributed by atoms with Gasteiger partial charge in [-0.05, 0) is 40.0 Å². The lowest BCUT2D eigenvalue weighted by Crippen LogP contribution is -2.34. The Labute approximate surface area is 120 Å². The molecule has 1 N–H and O–H groups in total. The molecule has 4 heteroatoms. The van der Waals surface area contributed by atoms with E-state index < -0.39 is 0 Å². The van der Waals surface area contributed by atoms with E-state index in [1.54, 1.807) is 12.5 Å². The average Bonchev–Trinajstić information content (AvgIpc) is 2.97. The minimum atomic E-state index is 0.121. The molecule has 0 radical (unpaired) electrons. The molecule has 110 valence electrons. The predicted molar refractivity (Wildman–Crippen MR) is 79.2 cm³/mol. The van der Waals surface area contributed by atoms with Gasteiger partial charge in [-0.1, -0.05) is 0 Å². The van der Waals surface area contributed by atoms with E-state index in [0.717, 1.165) is 25.4 Å². The fraction of sp³-hybridized carbons (Fsp3) is 0.500. The predicted octanol–water partition coefficient (Wildman–Crippen LogP) is 3.39. The number of hydrogen-bond donors (Lipinski definition) is 1. The summed E-state index contributed by atoms with van der Waals surface area (Å²) in [5.74, 6) is 0.988. The monoisotopic (exact) mass is 276 g/mol. The molecule has 0 bridgehead atoms. The number of rotatable bonds is 6. The molecule has 0 unspecified atom stereocenters. The van der Waals surface area contributed by atoms with Crippen LogP contribution < -0.4 is 5.32 Å². The van der Waals surface area contributed by atoms with Gasteiger partial charge >= 0.3 is 0 Å². The van der Waals surface area contributed by atoms with Gasteiger partial charge < -0.3 is 14.2 Å². The molecule has 0 saturated carbocycles. The van der Waals surface area contributed by atoms with Gasteiger partial charge in [-0.2, -0.15) is 0 Å². The van der Waals surface area contributed by atoms with E-state index in [-0.39, 0.29) is 5.54 Å². The SMILES string of the molecule is CN(Cc1ccoc1)Cc1cc(CNC(C)(C)C)co1. The summed E-state index contributed by atoms with van der Waals surface area (Å²) in [5.41, 5.74) is 2.48. The largest absolute Gasteiger partial charge is 0.472 e. The van der Waals surface area contributed by atoms with Crippen molar-refractivity contribution < 1.29 is 8.83 Å². The van der Waals surface area contributed by atoms with Crippen LogP contribution in [0.3, 0.4) is 0 Å². The smallest absolute Gasteiger partial charge is 0.118 e. The molecular formula is C16H24N2O2. The van der Waals surface area contributed by atoms with Crippen LogP contribution in [0.5, 0.6) is 0 Å². The highest BCUT2D eigenvalue weighted by Gasteiger charge is 2.11. The van der Waals surface area contributed by atoms with Crippen LogP contribution in [0.1, 0.15) is 37.7 Å². The van der Waals surface area contributed by atoms with Crippen molar-refractivity contribution >= 4 is 0 Å². The molecule has 0 aliphatic heterocycles. The Balaban J connectivity index is 1.83. The number of nitrogens with one attached hydrogen (secondary N) is 1. The summed E-state index contributed by atoms with van der Waals surface area (Å²) < 4.78 is 10.7. The molecule has 0 saturated heterocycles. The molecule has 4 nitrogen and oxygen atoms in total. The van der Waals surface area contributed by atoms with Crippen LogP contribution in [0.25, 0.3) is 0 Å². The first-order chi connectivity index (χ1) is 9.42. The molecule has 0 amide bonds. The highest BCUT2D eigenvalue weighted by molar-refractivity contribution is 5.13. The van der Waals surface area contributed by atoms with Crippen molar-refractivity contribution in [2.24, 2.45) is 0 Å². The summed E-state index contributed by atoms with van der Waals surface area (Å²) in [6.07, 6.45) is 5.31. The minimum absolute atomic E-state index is 0.121. The van der Waals surface area contributed by atoms with Gasteiger partial charge in [-0.15, -0.1) is 0 Å². The zero-order valence-corrected chi connectivity index (χ0v) is 12.8. The number of hydrogen-bond acceptors (Lipinski definition) is 4. The van der Waals surface area contributed by atoms with E-state index in [0.29, 0.717) is 0 Å².